The Hall–Kier alpha value is -1.37. The molecule has 1 unspecified atom stereocenters. The van der Waals surface area contributed by atoms with E-state index in [1.54, 1.807) is 7.11 Å². The molecule has 0 spiro atoms. The number of benzene rings is 1. The quantitative estimate of drug-likeness (QED) is 0.626. The van der Waals surface area contributed by atoms with E-state index in [0.717, 1.165) is 28.6 Å². The second kappa shape index (κ2) is 6.88. The van der Waals surface area contributed by atoms with Crippen molar-refractivity contribution in [3.8, 4) is 5.75 Å². The van der Waals surface area contributed by atoms with Gasteiger partial charge in [0.2, 0.25) is 0 Å². The molecule has 1 aromatic carbocycles. The van der Waals surface area contributed by atoms with Crippen molar-refractivity contribution in [2.75, 3.05) is 7.11 Å². The molecule has 0 bridgehead atoms. The SMILES string of the molecule is COc1ccc(C(CCc2cnn(C)c2)NN)cc1Br. The van der Waals surface area contributed by atoms with E-state index in [1.165, 1.54) is 5.56 Å². The fraction of sp³-hybridized carbons (Fsp3) is 0.357. The van der Waals surface area contributed by atoms with E-state index in [0.29, 0.717) is 0 Å². The fourth-order valence-corrected chi connectivity index (χ4v) is 2.72. The molecule has 0 aliphatic rings. The lowest BCUT2D eigenvalue weighted by Gasteiger charge is -2.17. The van der Waals surface area contributed by atoms with E-state index in [4.69, 9.17) is 10.6 Å². The molecule has 0 aliphatic carbocycles. The molecular weight excluding hydrogens is 320 g/mol. The standard InChI is InChI=1S/C14H19BrN4O/c1-19-9-10(8-17-19)3-5-13(18-16)11-4-6-14(20-2)12(15)7-11/h4,6-9,13,18H,3,5,16H2,1-2H3. The lowest BCUT2D eigenvalue weighted by molar-refractivity contribution is 0.411. The monoisotopic (exact) mass is 338 g/mol. The van der Waals surface area contributed by atoms with Crippen molar-refractivity contribution in [3.05, 3.63) is 46.2 Å². The molecule has 0 saturated carbocycles. The van der Waals surface area contributed by atoms with Gasteiger partial charge in [0.1, 0.15) is 5.75 Å². The summed E-state index contributed by atoms with van der Waals surface area (Å²) >= 11 is 3.50. The van der Waals surface area contributed by atoms with Gasteiger partial charge in [-0.1, -0.05) is 6.07 Å². The van der Waals surface area contributed by atoms with Crippen LogP contribution in [0.2, 0.25) is 0 Å². The highest BCUT2D eigenvalue weighted by Crippen LogP contribution is 2.29. The number of rotatable bonds is 6. The molecule has 1 atom stereocenters. The summed E-state index contributed by atoms with van der Waals surface area (Å²) in [4.78, 5) is 0. The Labute approximate surface area is 127 Å². The van der Waals surface area contributed by atoms with Crippen LogP contribution in [0.5, 0.6) is 5.75 Å². The summed E-state index contributed by atoms with van der Waals surface area (Å²) in [7, 11) is 3.57. The first-order valence-electron chi connectivity index (χ1n) is 6.41. The van der Waals surface area contributed by atoms with Crippen LogP contribution in [-0.2, 0) is 13.5 Å². The van der Waals surface area contributed by atoms with Gasteiger partial charge in [0.05, 0.1) is 17.8 Å². The van der Waals surface area contributed by atoms with E-state index in [1.807, 2.05) is 42.3 Å². The van der Waals surface area contributed by atoms with Gasteiger partial charge in [-0.05, 0) is 52.0 Å². The highest BCUT2D eigenvalue weighted by molar-refractivity contribution is 9.10. The number of ether oxygens (including phenoxy) is 1. The molecular formula is C14H19BrN4O. The van der Waals surface area contributed by atoms with Crippen molar-refractivity contribution in [3.63, 3.8) is 0 Å². The Morgan fingerprint density at radius 2 is 2.30 bits per heavy atom. The van der Waals surface area contributed by atoms with Crippen LogP contribution in [0, 0.1) is 0 Å². The first kappa shape index (κ1) is 15.0. The van der Waals surface area contributed by atoms with E-state index in [2.05, 4.69) is 26.5 Å². The van der Waals surface area contributed by atoms with Gasteiger partial charge in [0.15, 0.2) is 0 Å². The first-order valence-corrected chi connectivity index (χ1v) is 7.20. The molecule has 1 aromatic heterocycles. The minimum atomic E-state index is 0.0948. The summed E-state index contributed by atoms with van der Waals surface area (Å²) in [6.07, 6.45) is 5.74. The summed E-state index contributed by atoms with van der Waals surface area (Å²) in [5, 5.41) is 4.17. The summed E-state index contributed by atoms with van der Waals surface area (Å²) in [5.74, 6) is 6.49. The topological polar surface area (TPSA) is 65.1 Å². The van der Waals surface area contributed by atoms with Crippen LogP contribution in [0.1, 0.15) is 23.6 Å². The number of hydrogen-bond acceptors (Lipinski definition) is 4. The zero-order chi connectivity index (χ0) is 14.5. The molecule has 0 radical (unpaired) electrons. The molecule has 6 heteroatoms. The van der Waals surface area contributed by atoms with Gasteiger partial charge in [-0.25, -0.2) is 0 Å². The van der Waals surface area contributed by atoms with Crippen LogP contribution < -0.4 is 16.0 Å². The van der Waals surface area contributed by atoms with Crippen LogP contribution in [0.25, 0.3) is 0 Å². The molecule has 20 heavy (non-hydrogen) atoms. The first-order chi connectivity index (χ1) is 9.63. The molecule has 2 aromatic rings. The Balaban J connectivity index is 2.06. The lowest BCUT2D eigenvalue weighted by Crippen LogP contribution is -2.28. The van der Waals surface area contributed by atoms with Gasteiger partial charge in [0.25, 0.3) is 0 Å². The zero-order valence-electron chi connectivity index (χ0n) is 11.6. The van der Waals surface area contributed by atoms with E-state index >= 15 is 0 Å². The van der Waals surface area contributed by atoms with Gasteiger partial charge in [-0.15, -0.1) is 0 Å². The maximum atomic E-state index is 5.68. The number of nitrogens with one attached hydrogen (secondary N) is 1. The van der Waals surface area contributed by atoms with E-state index in [-0.39, 0.29) is 6.04 Å². The molecule has 0 fully saturated rings. The third kappa shape index (κ3) is 3.59. The Morgan fingerprint density at radius 3 is 2.85 bits per heavy atom. The van der Waals surface area contributed by atoms with Gasteiger partial charge in [0, 0.05) is 19.3 Å². The normalized spacial score (nSPS) is 12.4. The van der Waals surface area contributed by atoms with Crippen LogP contribution in [0.15, 0.2) is 35.1 Å². The van der Waals surface area contributed by atoms with Gasteiger partial charge >= 0.3 is 0 Å². The van der Waals surface area contributed by atoms with Crippen molar-refractivity contribution in [1.82, 2.24) is 15.2 Å². The van der Waals surface area contributed by atoms with Crippen molar-refractivity contribution in [2.45, 2.75) is 18.9 Å². The molecule has 0 saturated heterocycles. The number of hydrazine groups is 1. The van der Waals surface area contributed by atoms with Crippen LogP contribution >= 0.6 is 15.9 Å². The number of halogens is 1. The third-order valence-corrected chi connectivity index (χ3v) is 3.88. The van der Waals surface area contributed by atoms with Crippen molar-refractivity contribution in [2.24, 2.45) is 12.9 Å². The predicted octanol–water partition coefficient (Wildman–Crippen LogP) is 2.33. The van der Waals surface area contributed by atoms with Crippen LogP contribution in [0.4, 0.5) is 0 Å². The number of methoxy groups -OCH3 is 1. The largest absolute Gasteiger partial charge is 0.496 e. The summed E-state index contributed by atoms with van der Waals surface area (Å²) < 4.78 is 7.98. The summed E-state index contributed by atoms with van der Waals surface area (Å²) in [5.41, 5.74) is 5.21. The molecule has 0 amide bonds. The number of aryl methyl sites for hydroxylation is 2. The Bertz CT molecular complexity index is 570. The van der Waals surface area contributed by atoms with Crippen molar-refractivity contribution < 1.29 is 4.74 Å². The zero-order valence-corrected chi connectivity index (χ0v) is 13.2. The maximum Gasteiger partial charge on any atom is 0.133 e. The highest BCUT2D eigenvalue weighted by Gasteiger charge is 2.12. The Morgan fingerprint density at radius 1 is 1.50 bits per heavy atom. The summed E-state index contributed by atoms with van der Waals surface area (Å²) in [6, 6.07) is 6.09. The van der Waals surface area contributed by atoms with Gasteiger partial charge < -0.3 is 4.74 Å². The average Bonchev–Trinajstić information content (AvgIpc) is 2.85. The molecule has 1 heterocycles. The van der Waals surface area contributed by atoms with E-state index in [9.17, 15) is 0 Å². The van der Waals surface area contributed by atoms with Crippen LogP contribution in [-0.4, -0.2) is 16.9 Å². The number of nitrogens with two attached hydrogens (primary N) is 1. The van der Waals surface area contributed by atoms with Crippen molar-refractivity contribution in [1.29, 1.82) is 0 Å². The van der Waals surface area contributed by atoms with E-state index < -0.39 is 0 Å². The molecule has 5 nitrogen and oxygen atoms in total. The van der Waals surface area contributed by atoms with Crippen molar-refractivity contribution >= 4 is 15.9 Å². The number of aromatic nitrogens is 2. The maximum absolute atomic E-state index is 5.68. The summed E-state index contributed by atoms with van der Waals surface area (Å²) in [6.45, 7) is 0. The minimum Gasteiger partial charge on any atom is -0.496 e. The van der Waals surface area contributed by atoms with Gasteiger partial charge in [-0.3, -0.25) is 16.0 Å². The average molecular weight is 339 g/mol. The second-order valence-electron chi connectivity index (χ2n) is 4.67. The smallest absolute Gasteiger partial charge is 0.133 e. The van der Waals surface area contributed by atoms with Gasteiger partial charge in [-0.2, -0.15) is 5.10 Å². The number of nitrogens with zero attached hydrogens (tertiary/aromatic N) is 2. The third-order valence-electron chi connectivity index (χ3n) is 3.26. The lowest BCUT2D eigenvalue weighted by atomic mass is 10.0. The van der Waals surface area contributed by atoms with Crippen LogP contribution in [0.3, 0.4) is 0 Å². The number of hydrogen-bond donors (Lipinski definition) is 2. The molecule has 108 valence electrons. The molecule has 3 N–H and O–H groups in total. The molecule has 0 aliphatic heterocycles. The molecule has 2 rings (SSSR count). The second-order valence-corrected chi connectivity index (χ2v) is 5.53. The minimum absolute atomic E-state index is 0.0948. The Kier molecular flexibility index (Phi) is 5.17. The fourth-order valence-electron chi connectivity index (χ4n) is 2.16. The predicted molar refractivity (Wildman–Crippen MR) is 82.3 cm³/mol. The highest BCUT2D eigenvalue weighted by atomic mass is 79.9.